The summed E-state index contributed by atoms with van der Waals surface area (Å²) >= 11 is 1.15. The van der Waals surface area contributed by atoms with E-state index in [1.165, 1.54) is 117 Å². The molecule has 368 valence electrons. The number of nitrogens with zero attached hydrogens (tertiary/aromatic N) is 2. The number of sulfonamides is 2. The quantitative estimate of drug-likeness (QED) is 0.0532. The molecule has 2 aromatic heterocycles. The Kier molecular flexibility index (Phi) is 17.9. The predicted octanol–water partition coefficient (Wildman–Crippen LogP) is 8.95. The lowest BCUT2D eigenvalue weighted by Gasteiger charge is -2.22. The Morgan fingerprint density at radius 3 is 1.89 bits per heavy atom. The van der Waals surface area contributed by atoms with Crippen LogP contribution in [0.4, 0.5) is 40.3 Å². The number of alkyl halides is 3. The van der Waals surface area contributed by atoms with Gasteiger partial charge in [-0.05, 0) is 105 Å². The topological polar surface area (TPSA) is 280 Å². The maximum Gasteiger partial charge on any atom is 0.416 e. The Morgan fingerprint density at radius 2 is 1.30 bits per heavy atom. The molecule has 0 radical (unpaired) electrons. The van der Waals surface area contributed by atoms with Crippen LogP contribution in [0.2, 0.25) is 0 Å². The fourth-order valence-corrected chi connectivity index (χ4v) is 9.33. The van der Waals surface area contributed by atoms with Gasteiger partial charge in [0.2, 0.25) is 0 Å². The molecule has 7 rings (SSSR count). The van der Waals surface area contributed by atoms with E-state index in [0.717, 1.165) is 49.5 Å². The number of aromatic carboxylic acids is 2. The molecule has 0 bridgehead atoms. The van der Waals surface area contributed by atoms with Crippen molar-refractivity contribution in [1.29, 1.82) is 0 Å². The smallest absolute Gasteiger partial charge is 0.416 e. The molecule has 0 atom stereocenters. The van der Waals surface area contributed by atoms with Gasteiger partial charge >= 0.3 is 24.1 Å². The van der Waals surface area contributed by atoms with Gasteiger partial charge in [-0.3, -0.25) is 14.3 Å². The van der Waals surface area contributed by atoms with Gasteiger partial charge in [0.15, 0.2) is 10.9 Å². The molecule has 1 saturated carbocycles. The second-order valence-electron chi connectivity index (χ2n) is 15.1. The minimum absolute atomic E-state index is 0.00151. The molecule has 0 spiro atoms. The van der Waals surface area contributed by atoms with Crippen molar-refractivity contribution in [2.45, 2.75) is 68.0 Å². The monoisotopic (exact) mass is 1020 g/mol. The van der Waals surface area contributed by atoms with E-state index < -0.39 is 55.7 Å². The highest BCUT2D eigenvalue weighted by molar-refractivity contribution is 7.93. The van der Waals surface area contributed by atoms with Crippen LogP contribution in [0.3, 0.4) is 0 Å². The van der Waals surface area contributed by atoms with Gasteiger partial charge in [0, 0.05) is 40.8 Å². The molecule has 0 saturated heterocycles. The van der Waals surface area contributed by atoms with Gasteiger partial charge in [-0.25, -0.2) is 45.9 Å². The van der Waals surface area contributed by atoms with E-state index in [1.54, 1.807) is 11.4 Å². The van der Waals surface area contributed by atoms with Crippen LogP contribution in [-0.4, -0.2) is 72.7 Å². The Labute approximate surface area is 403 Å². The predicted molar refractivity (Wildman–Crippen MR) is 254 cm³/mol. The fourth-order valence-electron chi connectivity index (χ4n) is 6.63. The number of thiazole rings is 1. The number of nitrogens with one attached hydrogen (secondary N) is 5. The van der Waals surface area contributed by atoms with E-state index in [4.69, 9.17) is 10.2 Å². The number of Topliss-reactive ketones (excluding diaryl/α,β-unsaturated/α-hetero) is 1. The fraction of sp³-hybridized carbons (Fsp3) is 0.196. The molecule has 0 aliphatic heterocycles. The molecule has 4 aromatic carbocycles. The standard InChI is InChI=1S/C17H13N3O5S2.C15H20N2O4S.C14H11F3N2O2/c21-15(13-3-1-2-4-14(13)16(22)23)19-11-5-7-12(8-6-11)27(24,25)20-17-18-9-10-26-17;1-11(18)12-7-9-14(10-8-12)22(20,21)17-15(19)16-13-5-3-2-4-6-13;1-8-10(14(15,16)17)5-2-6-11(8)19-12-9(13(20)21)4-3-7-18-12/h1-10H,(H,18,20)(H,19,21)(H,22,23);7-10,13H,2-6H2,1H3,(H2,16,17,19);2-7H,1H3,(H,18,19)(H,20,21). The number of ketones is 1. The summed E-state index contributed by atoms with van der Waals surface area (Å²) in [4.78, 5) is 65.3. The van der Waals surface area contributed by atoms with Crippen molar-refractivity contribution < 1.29 is 64.2 Å². The van der Waals surface area contributed by atoms with Gasteiger partial charge in [-0.15, -0.1) is 11.3 Å². The summed E-state index contributed by atoms with van der Waals surface area (Å²) < 4.78 is 91.6. The molecule has 24 heteroatoms. The lowest BCUT2D eigenvalue weighted by Crippen LogP contribution is -2.45. The largest absolute Gasteiger partial charge is 0.478 e. The average Bonchev–Trinajstić information content (AvgIpc) is 3.82. The summed E-state index contributed by atoms with van der Waals surface area (Å²) in [5, 5.41) is 28.0. The number of urea groups is 1. The van der Waals surface area contributed by atoms with Crippen LogP contribution in [-0.2, 0) is 26.2 Å². The molecular formula is C46H44F3N7O11S3. The lowest BCUT2D eigenvalue weighted by atomic mass is 9.96. The Bertz CT molecular complexity index is 3060. The lowest BCUT2D eigenvalue weighted by molar-refractivity contribution is -0.138. The van der Waals surface area contributed by atoms with Crippen molar-refractivity contribution in [3.05, 3.63) is 154 Å². The van der Waals surface area contributed by atoms with Crippen molar-refractivity contribution in [2.75, 3.05) is 15.4 Å². The summed E-state index contributed by atoms with van der Waals surface area (Å²) in [7, 11) is -7.72. The van der Waals surface area contributed by atoms with Crippen molar-refractivity contribution in [2.24, 2.45) is 0 Å². The molecule has 7 N–H and O–H groups in total. The number of anilines is 4. The molecule has 1 aliphatic carbocycles. The number of carboxylic acid groups (broad SMARTS) is 2. The maximum absolute atomic E-state index is 12.8. The van der Waals surface area contributed by atoms with E-state index in [0.29, 0.717) is 11.3 Å². The number of benzene rings is 4. The Hall–Kier alpha value is -7.70. The van der Waals surface area contributed by atoms with Crippen molar-refractivity contribution in [3.63, 3.8) is 0 Å². The summed E-state index contributed by atoms with van der Waals surface area (Å²) in [6.07, 6.45) is 3.37. The van der Waals surface area contributed by atoms with Gasteiger partial charge in [-0.2, -0.15) is 13.2 Å². The maximum atomic E-state index is 12.8. The Balaban J connectivity index is 0.000000198. The van der Waals surface area contributed by atoms with Crippen LogP contribution in [0.25, 0.3) is 0 Å². The first-order chi connectivity index (χ1) is 33.1. The first-order valence-corrected chi connectivity index (χ1v) is 24.6. The minimum atomic E-state index is -4.47. The second-order valence-corrected chi connectivity index (χ2v) is 19.3. The third kappa shape index (κ3) is 14.9. The number of halogens is 3. The number of carboxylic acids is 2. The SMILES string of the molecule is CC(=O)c1ccc(S(=O)(=O)NC(=O)NC2CCCCC2)cc1.Cc1c(Nc2ncccc2C(=O)O)cccc1C(F)(F)F.O=C(O)c1ccccc1C(=O)Nc1ccc(S(=O)(=O)Nc2nccs2)cc1. The van der Waals surface area contributed by atoms with Gasteiger partial charge in [0.1, 0.15) is 11.4 Å². The molecule has 3 amide bonds. The van der Waals surface area contributed by atoms with E-state index in [2.05, 4.69) is 30.6 Å². The summed E-state index contributed by atoms with van der Waals surface area (Å²) in [6, 6.07) is 22.5. The number of carbonyl (C=O) groups excluding carboxylic acids is 3. The minimum Gasteiger partial charge on any atom is -0.478 e. The molecule has 18 nitrogen and oxygen atoms in total. The highest BCUT2D eigenvalue weighted by Gasteiger charge is 2.33. The summed E-state index contributed by atoms with van der Waals surface area (Å²) in [5.74, 6) is -3.19. The first kappa shape index (κ1) is 53.3. The molecule has 1 fully saturated rings. The molecule has 6 aromatic rings. The van der Waals surface area contributed by atoms with Crippen LogP contribution >= 0.6 is 11.3 Å². The second kappa shape index (κ2) is 23.5. The van der Waals surface area contributed by atoms with Crippen molar-refractivity contribution in [3.8, 4) is 0 Å². The zero-order valence-electron chi connectivity index (χ0n) is 37.0. The van der Waals surface area contributed by atoms with E-state index >= 15 is 0 Å². The van der Waals surface area contributed by atoms with Gasteiger partial charge in [-0.1, -0.05) is 49.6 Å². The zero-order chi connectivity index (χ0) is 51.2. The van der Waals surface area contributed by atoms with Crippen LogP contribution in [0.1, 0.15) is 91.6 Å². The number of rotatable bonds is 13. The van der Waals surface area contributed by atoms with Gasteiger partial charge < -0.3 is 26.2 Å². The van der Waals surface area contributed by atoms with Crippen molar-refractivity contribution in [1.82, 2.24) is 20.0 Å². The number of amides is 3. The van der Waals surface area contributed by atoms with Crippen molar-refractivity contribution >= 4 is 83.4 Å². The summed E-state index contributed by atoms with van der Waals surface area (Å²) in [6.45, 7) is 2.72. The van der Waals surface area contributed by atoms with Gasteiger partial charge in [0.05, 0.1) is 26.5 Å². The normalized spacial score (nSPS) is 12.6. The Morgan fingerprint density at radius 1 is 0.700 bits per heavy atom. The number of pyridine rings is 1. The molecule has 70 heavy (non-hydrogen) atoms. The van der Waals surface area contributed by atoms with E-state index in [9.17, 15) is 54.0 Å². The van der Waals surface area contributed by atoms with E-state index in [-0.39, 0.29) is 60.5 Å². The number of carbonyl (C=O) groups is 5. The highest BCUT2D eigenvalue weighted by atomic mass is 32.2. The zero-order valence-corrected chi connectivity index (χ0v) is 39.4. The average molecular weight is 1020 g/mol. The number of aromatic nitrogens is 2. The summed E-state index contributed by atoms with van der Waals surface area (Å²) in [5.41, 5.74) is -0.124. The van der Waals surface area contributed by atoms with E-state index in [1.807, 2.05) is 4.72 Å². The highest BCUT2D eigenvalue weighted by Crippen LogP contribution is 2.35. The van der Waals surface area contributed by atoms with Gasteiger partial charge in [0.25, 0.3) is 26.0 Å². The van der Waals surface area contributed by atoms with Crippen LogP contribution < -0.4 is 25.4 Å². The third-order valence-corrected chi connectivity index (χ3v) is 13.7. The molecule has 0 unspecified atom stereocenters. The van der Waals surface area contributed by atoms with Crippen LogP contribution in [0, 0.1) is 6.92 Å². The number of hydrogen-bond donors (Lipinski definition) is 7. The molecular weight excluding hydrogens is 980 g/mol. The first-order valence-electron chi connectivity index (χ1n) is 20.8. The number of hydrogen-bond acceptors (Lipinski definition) is 13. The molecule has 2 heterocycles. The van der Waals surface area contributed by atoms with Crippen LogP contribution in [0.15, 0.2) is 131 Å². The van der Waals surface area contributed by atoms with Crippen LogP contribution in [0.5, 0.6) is 0 Å². The third-order valence-electron chi connectivity index (χ3n) is 10.1. The molecule has 1 aliphatic rings.